The number of hydrogen-bond donors (Lipinski definition) is 0. The Labute approximate surface area is 130 Å². The maximum Gasteiger partial charge on any atom is 0.394 e. The second-order valence-electron chi connectivity index (χ2n) is 5.50. The van der Waals surface area contributed by atoms with Crippen LogP contribution in [-0.2, 0) is 4.79 Å². The van der Waals surface area contributed by atoms with Gasteiger partial charge in [-0.2, -0.15) is 18.4 Å². The topological polar surface area (TPSA) is 57.0 Å². The number of hydrogen-bond acceptors (Lipinski definition) is 4. The summed E-state index contributed by atoms with van der Waals surface area (Å²) in [4.78, 5) is 16.7. The van der Waals surface area contributed by atoms with Crippen LogP contribution in [0.4, 0.5) is 18.9 Å². The lowest BCUT2D eigenvalue weighted by atomic mass is 9.97. The molecule has 7 heteroatoms. The minimum Gasteiger partial charge on any atom is -0.370 e. The highest BCUT2D eigenvalue weighted by Crippen LogP contribution is 2.40. The van der Waals surface area contributed by atoms with Crippen LogP contribution in [0.1, 0.15) is 5.56 Å². The molecule has 1 aromatic heterocycles. The zero-order valence-corrected chi connectivity index (χ0v) is 11.9. The number of carbonyl (C=O) groups is 1. The Morgan fingerprint density at radius 1 is 1.30 bits per heavy atom. The molecule has 1 saturated heterocycles. The van der Waals surface area contributed by atoms with Gasteiger partial charge in [0.05, 0.1) is 17.0 Å². The third kappa shape index (κ3) is 2.61. The van der Waals surface area contributed by atoms with E-state index in [-0.39, 0.29) is 13.1 Å². The molecule has 2 heterocycles. The highest BCUT2D eigenvalue weighted by atomic mass is 19.4. The predicted octanol–water partition coefficient (Wildman–Crippen LogP) is 2.92. The highest BCUT2D eigenvalue weighted by molar-refractivity contribution is 5.95. The van der Waals surface area contributed by atoms with Crippen LogP contribution in [0.3, 0.4) is 0 Å². The van der Waals surface area contributed by atoms with E-state index in [1.54, 1.807) is 29.2 Å². The lowest BCUT2D eigenvalue weighted by molar-refractivity contribution is -0.179. The monoisotopic (exact) mass is 319 g/mol. The number of halogens is 3. The molecule has 1 aromatic carbocycles. The summed E-state index contributed by atoms with van der Waals surface area (Å²) < 4.78 is 39.2. The molecule has 0 radical (unpaired) electrons. The standard InChI is InChI=1S/C16H12F3N3O/c17-16(18,19)13-8-22(7-11(13)9-23)14-4-3-10(6-20)15-12(14)2-1-5-21-15/h1-5,9,11,13H,7-8H2. The summed E-state index contributed by atoms with van der Waals surface area (Å²) in [6.07, 6.45) is -2.51. The van der Waals surface area contributed by atoms with Crippen molar-refractivity contribution >= 4 is 22.9 Å². The summed E-state index contributed by atoms with van der Waals surface area (Å²) in [7, 11) is 0. The number of nitrogens with zero attached hydrogens (tertiary/aromatic N) is 3. The average Bonchev–Trinajstić information content (AvgIpc) is 2.98. The first-order valence-corrected chi connectivity index (χ1v) is 7.00. The lowest BCUT2D eigenvalue weighted by Gasteiger charge is -2.21. The molecule has 0 saturated carbocycles. The Hall–Kier alpha value is -2.62. The summed E-state index contributed by atoms with van der Waals surface area (Å²) in [6.45, 7) is -0.271. The Morgan fingerprint density at radius 2 is 2.09 bits per heavy atom. The first-order valence-electron chi connectivity index (χ1n) is 7.00. The van der Waals surface area contributed by atoms with Crippen molar-refractivity contribution in [2.24, 2.45) is 11.8 Å². The molecule has 0 aliphatic carbocycles. The summed E-state index contributed by atoms with van der Waals surface area (Å²) >= 11 is 0. The quantitative estimate of drug-likeness (QED) is 0.799. The summed E-state index contributed by atoms with van der Waals surface area (Å²) in [5.74, 6) is -2.76. The van der Waals surface area contributed by atoms with E-state index in [2.05, 4.69) is 4.98 Å². The number of alkyl halides is 3. The van der Waals surface area contributed by atoms with E-state index in [1.165, 1.54) is 6.20 Å². The van der Waals surface area contributed by atoms with Gasteiger partial charge in [-0.1, -0.05) is 0 Å². The van der Waals surface area contributed by atoms with Crippen molar-refractivity contribution in [2.75, 3.05) is 18.0 Å². The van der Waals surface area contributed by atoms with E-state index >= 15 is 0 Å². The molecule has 2 atom stereocenters. The maximum absolute atomic E-state index is 13.1. The molecule has 2 unspecified atom stereocenters. The van der Waals surface area contributed by atoms with Gasteiger partial charge in [0, 0.05) is 36.3 Å². The summed E-state index contributed by atoms with van der Waals surface area (Å²) in [6, 6.07) is 8.57. The normalized spacial score (nSPS) is 21.4. The average molecular weight is 319 g/mol. The van der Waals surface area contributed by atoms with Gasteiger partial charge in [-0.15, -0.1) is 0 Å². The van der Waals surface area contributed by atoms with Crippen LogP contribution in [0.25, 0.3) is 10.9 Å². The van der Waals surface area contributed by atoms with Gasteiger partial charge in [-0.05, 0) is 24.3 Å². The molecule has 3 rings (SSSR count). The van der Waals surface area contributed by atoms with Crippen molar-refractivity contribution in [3.8, 4) is 6.07 Å². The van der Waals surface area contributed by atoms with Crippen LogP contribution < -0.4 is 4.90 Å². The SMILES string of the molecule is N#Cc1ccc(N2CC(C=O)C(C(F)(F)F)C2)c2cccnc12. The molecule has 1 aliphatic heterocycles. The fraction of sp³-hybridized carbons (Fsp3) is 0.312. The zero-order valence-electron chi connectivity index (χ0n) is 11.9. The molecule has 23 heavy (non-hydrogen) atoms. The van der Waals surface area contributed by atoms with Gasteiger partial charge in [0.1, 0.15) is 12.4 Å². The molecular formula is C16H12F3N3O. The van der Waals surface area contributed by atoms with Gasteiger partial charge in [-0.3, -0.25) is 4.98 Å². The number of aldehydes is 1. The van der Waals surface area contributed by atoms with Gasteiger partial charge in [0.15, 0.2) is 0 Å². The maximum atomic E-state index is 13.1. The van der Waals surface area contributed by atoms with Crippen molar-refractivity contribution in [1.82, 2.24) is 4.98 Å². The van der Waals surface area contributed by atoms with Gasteiger partial charge in [-0.25, -0.2) is 0 Å². The second-order valence-corrected chi connectivity index (χ2v) is 5.50. The largest absolute Gasteiger partial charge is 0.394 e. The van der Waals surface area contributed by atoms with E-state index in [4.69, 9.17) is 5.26 Å². The van der Waals surface area contributed by atoms with Crippen molar-refractivity contribution in [3.63, 3.8) is 0 Å². The number of benzene rings is 1. The van der Waals surface area contributed by atoms with E-state index in [9.17, 15) is 18.0 Å². The zero-order chi connectivity index (χ0) is 16.6. The number of fused-ring (bicyclic) bond motifs is 1. The molecule has 0 amide bonds. The van der Waals surface area contributed by atoms with Gasteiger partial charge >= 0.3 is 6.18 Å². The third-order valence-corrected chi connectivity index (χ3v) is 4.17. The first-order chi connectivity index (χ1) is 11.0. The molecule has 1 aliphatic rings. The molecule has 0 spiro atoms. The van der Waals surface area contributed by atoms with Gasteiger partial charge in [0.2, 0.25) is 0 Å². The van der Waals surface area contributed by atoms with E-state index in [0.717, 1.165) is 0 Å². The molecule has 4 nitrogen and oxygen atoms in total. The summed E-state index contributed by atoms with van der Waals surface area (Å²) in [5, 5.41) is 9.73. The fourth-order valence-electron chi connectivity index (χ4n) is 3.03. The van der Waals surface area contributed by atoms with Crippen molar-refractivity contribution in [2.45, 2.75) is 6.18 Å². The number of carbonyl (C=O) groups excluding carboxylic acids is 1. The second kappa shape index (κ2) is 5.54. The number of aromatic nitrogens is 1. The van der Waals surface area contributed by atoms with E-state index < -0.39 is 18.0 Å². The van der Waals surface area contributed by atoms with Crippen LogP contribution in [0, 0.1) is 23.2 Å². The van der Waals surface area contributed by atoms with Crippen LogP contribution >= 0.6 is 0 Å². The minimum atomic E-state index is -4.42. The van der Waals surface area contributed by atoms with E-state index in [0.29, 0.717) is 28.4 Å². The Bertz CT molecular complexity index is 797. The fourth-order valence-corrected chi connectivity index (χ4v) is 3.03. The molecule has 2 aromatic rings. The smallest absolute Gasteiger partial charge is 0.370 e. The first kappa shape index (κ1) is 15.3. The van der Waals surface area contributed by atoms with E-state index in [1.807, 2.05) is 6.07 Å². The van der Waals surface area contributed by atoms with Crippen LogP contribution in [0.2, 0.25) is 0 Å². The molecule has 1 fully saturated rings. The minimum absolute atomic E-state index is 0.00354. The van der Waals surface area contributed by atoms with Crippen LogP contribution in [0.15, 0.2) is 30.5 Å². The lowest BCUT2D eigenvalue weighted by Crippen LogP contribution is -2.30. The Balaban J connectivity index is 2.05. The molecule has 0 N–H and O–H groups in total. The highest BCUT2D eigenvalue weighted by Gasteiger charge is 2.49. The Morgan fingerprint density at radius 3 is 2.70 bits per heavy atom. The van der Waals surface area contributed by atoms with Crippen LogP contribution in [0.5, 0.6) is 0 Å². The number of nitriles is 1. The van der Waals surface area contributed by atoms with Crippen molar-refractivity contribution in [1.29, 1.82) is 5.26 Å². The molecular weight excluding hydrogens is 307 g/mol. The van der Waals surface area contributed by atoms with Crippen LogP contribution in [-0.4, -0.2) is 30.5 Å². The number of anilines is 1. The molecule has 0 bridgehead atoms. The number of rotatable bonds is 2. The molecule has 118 valence electrons. The van der Waals surface area contributed by atoms with Crippen molar-refractivity contribution < 1.29 is 18.0 Å². The van der Waals surface area contributed by atoms with Gasteiger partial charge in [0.25, 0.3) is 0 Å². The summed E-state index contributed by atoms with van der Waals surface area (Å²) in [5.41, 5.74) is 1.37. The predicted molar refractivity (Wildman–Crippen MR) is 77.8 cm³/mol. The third-order valence-electron chi connectivity index (χ3n) is 4.17. The Kier molecular flexibility index (Phi) is 3.68. The van der Waals surface area contributed by atoms with Gasteiger partial charge < -0.3 is 9.69 Å². The number of pyridine rings is 1. The van der Waals surface area contributed by atoms with Crippen molar-refractivity contribution in [3.05, 3.63) is 36.0 Å².